The van der Waals surface area contributed by atoms with Crippen molar-refractivity contribution in [3.8, 4) is 0 Å². The molecule has 0 saturated heterocycles. The first-order chi connectivity index (χ1) is 18.9. The highest BCUT2D eigenvalue weighted by atomic mass is 35.5. The maximum Gasteiger partial charge on any atom is 0.336 e. The average molecular weight is 598 g/mol. The number of carbonyl (C=O) groups excluding carboxylic acids is 2. The van der Waals surface area contributed by atoms with Crippen molar-refractivity contribution in [3.05, 3.63) is 78.7 Å². The Labute approximate surface area is 243 Å². The molecule has 3 rings (SSSR count). The fourth-order valence-corrected chi connectivity index (χ4v) is 5.29. The van der Waals surface area contributed by atoms with E-state index in [4.69, 9.17) is 42.1 Å². The Hall–Kier alpha value is -2.40. The van der Waals surface area contributed by atoms with Gasteiger partial charge in [0.1, 0.15) is 0 Å². The van der Waals surface area contributed by atoms with Crippen LogP contribution in [0, 0.1) is 0 Å². The van der Waals surface area contributed by atoms with Crippen molar-refractivity contribution in [2.24, 2.45) is 0 Å². The summed E-state index contributed by atoms with van der Waals surface area (Å²) in [5.41, 5.74) is 3.23. The van der Waals surface area contributed by atoms with Gasteiger partial charge in [-0.25, -0.2) is 9.59 Å². The molecule has 8 nitrogen and oxygen atoms in total. The van der Waals surface area contributed by atoms with E-state index in [-0.39, 0.29) is 29.4 Å². The number of hydrogen-bond donors (Lipinski definition) is 2. The lowest BCUT2D eigenvalue weighted by Gasteiger charge is -2.31. The fraction of sp³-hybridized carbons (Fsp3) is 0.429. The van der Waals surface area contributed by atoms with Gasteiger partial charge in [0.05, 0.1) is 59.7 Å². The molecule has 1 unspecified atom stereocenters. The number of carbonyl (C=O) groups is 2. The molecule has 2 aromatic rings. The maximum atomic E-state index is 13.2. The van der Waals surface area contributed by atoms with Crippen molar-refractivity contribution >= 4 is 46.5 Å². The van der Waals surface area contributed by atoms with Crippen LogP contribution in [0.2, 0.25) is 10.0 Å². The molecule has 0 spiro atoms. The number of esters is 2. The van der Waals surface area contributed by atoms with Crippen LogP contribution in [0.5, 0.6) is 0 Å². The lowest BCUT2D eigenvalue weighted by atomic mass is 9.80. The van der Waals surface area contributed by atoms with E-state index >= 15 is 0 Å². The predicted molar refractivity (Wildman–Crippen MR) is 153 cm³/mol. The van der Waals surface area contributed by atoms with Crippen LogP contribution >= 0.6 is 34.5 Å². The van der Waals surface area contributed by atoms with Gasteiger partial charge in [0.25, 0.3) is 0 Å². The number of nitrogens with one attached hydrogen (secondary N) is 2. The van der Waals surface area contributed by atoms with Crippen molar-refractivity contribution in [2.45, 2.75) is 32.7 Å². The van der Waals surface area contributed by atoms with E-state index in [0.717, 1.165) is 13.1 Å². The first-order valence-corrected chi connectivity index (χ1v) is 14.4. The summed E-state index contributed by atoms with van der Waals surface area (Å²) in [6, 6.07) is 7.18. The summed E-state index contributed by atoms with van der Waals surface area (Å²) in [6.07, 6.45) is 0.679. The molecule has 0 amide bonds. The summed E-state index contributed by atoms with van der Waals surface area (Å²) in [4.78, 5) is 26.1. The number of ether oxygens (including phenoxy) is 4. The van der Waals surface area contributed by atoms with Crippen molar-refractivity contribution in [3.63, 3.8) is 0 Å². The van der Waals surface area contributed by atoms with Crippen LogP contribution in [0.25, 0.3) is 0 Å². The summed E-state index contributed by atoms with van der Waals surface area (Å²) in [5, 5.41) is 11.2. The van der Waals surface area contributed by atoms with Gasteiger partial charge < -0.3 is 29.6 Å². The molecular weight excluding hydrogens is 563 g/mol. The standard InChI is InChI=1S/C28H34Cl2N2O6S/c1-4-38-28(34)25-22(16-37-12-6-11-36-13-10-31-15-19-9-14-39-17-19)32-18(2)23(27(33)35-3)24(25)20-7-5-8-21(29)26(20)30/h5,7-9,14,17,24,31-32H,4,6,10-13,15-16H2,1-3H3. The van der Waals surface area contributed by atoms with E-state index in [1.54, 1.807) is 43.4 Å². The molecule has 1 atom stereocenters. The molecule has 2 N–H and O–H groups in total. The van der Waals surface area contributed by atoms with Crippen LogP contribution in [0.3, 0.4) is 0 Å². The van der Waals surface area contributed by atoms with Crippen LogP contribution in [0.4, 0.5) is 0 Å². The average Bonchev–Trinajstić information content (AvgIpc) is 3.44. The largest absolute Gasteiger partial charge is 0.466 e. The van der Waals surface area contributed by atoms with Gasteiger partial charge in [0.15, 0.2) is 0 Å². The number of halogens is 2. The number of thiophene rings is 1. The summed E-state index contributed by atoms with van der Waals surface area (Å²) in [7, 11) is 1.29. The predicted octanol–water partition coefficient (Wildman–Crippen LogP) is 5.22. The second-order valence-corrected chi connectivity index (χ2v) is 10.2. The van der Waals surface area contributed by atoms with Crippen LogP contribution in [-0.4, -0.2) is 58.6 Å². The van der Waals surface area contributed by atoms with Crippen LogP contribution in [-0.2, 0) is 35.1 Å². The molecule has 39 heavy (non-hydrogen) atoms. The van der Waals surface area contributed by atoms with Gasteiger partial charge in [0, 0.05) is 32.0 Å². The van der Waals surface area contributed by atoms with Crippen molar-refractivity contribution < 1.29 is 28.5 Å². The second kappa shape index (κ2) is 16.0. The molecule has 1 aliphatic heterocycles. The molecule has 0 saturated carbocycles. The second-order valence-electron chi connectivity index (χ2n) is 8.67. The van der Waals surface area contributed by atoms with Gasteiger partial charge in [-0.2, -0.15) is 11.3 Å². The number of dihydropyridines is 1. The minimum atomic E-state index is -0.854. The number of rotatable bonds is 15. The van der Waals surface area contributed by atoms with Gasteiger partial charge in [-0.1, -0.05) is 35.3 Å². The van der Waals surface area contributed by atoms with Crippen molar-refractivity contribution in [1.82, 2.24) is 10.6 Å². The Morgan fingerprint density at radius 1 is 1.08 bits per heavy atom. The Bertz CT molecular complexity index is 1180. The Kier molecular flexibility index (Phi) is 12.8. The SMILES string of the molecule is CCOC(=O)C1=C(COCCCOCCNCc2ccsc2)NC(C)=C(C(=O)OC)C1c1cccc(Cl)c1Cl. The molecule has 0 radical (unpaired) electrons. The quantitative estimate of drug-likeness (QED) is 0.213. The molecular formula is C28H34Cl2N2O6S. The Morgan fingerprint density at radius 3 is 2.59 bits per heavy atom. The van der Waals surface area contributed by atoms with Gasteiger partial charge in [-0.15, -0.1) is 0 Å². The number of methoxy groups -OCH3 is 1. The van der Waals surface area contributed by atoms with Crippen molar-refractivity contribution in [2.75, 3.05) is 46.7 Å². The molecule has 0 fully saturated rings. The van der Waals surface area contributed by atoms with Crippen LogP contribution in [0.1, 0.15) is 37.3 Å². The summed E-state index contributed by atoms with van der Waals surface area (Å²) in [6.45, 7) is 6.85. The lowest BCUT2D eigenvalue weighted by Crippen LogP contribution is -2.35. The Morgan fingerprint density at radius 2 is 1.87 bits per heavy atom. The normalized spacial score (nSPS) is 15.4. The first-order valence-electron chi connectivity index (χ1n) is 12.7. The zero-order chi connectivity index (χ0) is 28.2. The van der Waals surface area contributed by atoms with Gasteiger partial charge >= 0.3 is 11.9 Å². The third-order valence-corrected chi connectivity index (χ3v) is 7.56. The fourth-order valence-electron chi connectivity index (χ4n) is 4.20. The first kappa shape index (κ1) is 31.1. The summed E-state index contributed by atoms with van der Waals surface area (Å²) < 4.78 is 22.0. The van der Waals surface area contributed by atoms with Gasteiger partial charge in [0.2, 0.25) is 0 Å². The zero-order valence-corrected chi connectivity index (χ0v) is 24.6. The monoisotopic (exact) mass is 596 g/mol. The van der Waals surface area contributed by atoms with E-state index in [0.29, 0.717) is 48.2 Å². The molecule has 2 heterocycles. The van der Waals surface area contributed by atoms with E-state index in [9.17, 15) is 9.59 Å². The van der Waals surface area contributed by atoms with E-state index in [1.807, 2.05) is 0 Å². The third kappa shape index (κ3) is 8.54. The van der Waals surface area contributed by atoms with Crippen LogP contribution in [0.15, 0.2) is 57.6 Å². The van der Waals surface area contributed by atoms with E-state index in [2.05, 4.69) is 27.5 Å². The molecule has 11 heteroatoms. The highest BCUT2D eigenvalue weighted by molar-refractivity contribution is 7.07. The third-order valence-electron chi connectivity index (χ3n) is 5.99. The molecule has 1 aliphatic rings. The number of hydrogen-bond acceptors (Lipinski definition) is 9. The highest BCUT2D eigenvalue weighted by Crippen LogP contribution is 2.43. The highest BCUT2D eigenvalue weighted by Gasteiger charge is 2.40. The minimum absolute atomic E-state index is 0.0941. The zero-order valence-electron chi connectivity index (χ0n) is 22.3. The molecule has 0 aliphatic carbocycles. The summed E-state index contributed by atoms with van der Waals surface area (Å²) in [5.74, 6) is -2.03. The van der Waals surface area contributed by atoms with Gasteiger partial charge in [-0.3, -0.25) is 0 Å². The molecule has 1 aromatic carbocycles. The minimum Gasteiger partial charge on any atom is -0.466 e. The van der Waals surface area contributed by atoms with E-state index in [1.165, 1.54) is 12.7 Å². The smallest absolute Gasteiger partial charge is 0.336 e. The molecule has 1 aromatic heterocycles. The number of allylic oxidation sites excluding steroid dienone is 1. The molecule has 0 bridgehead atoms. The lowest BCUT2D eigenvalue weighted by molar-refractivity contribution is -0.139. The van der Waals surface area contributed by atoms with E-state index < -0.39 is 17.9 Å². The molecule has 212 valence electrons. The topological polar surface area (TPSA) is 95.1 Å². The maximum absolute atomic E-state index is 13.2. The Balaban J connectivity index is 1.66. The van der Waals surface area contributed by atoms with Gasteiger partial charge in [-0.05, 0) is 54.3 Å². The van der Waals surface area contributed by atoms with Crippen molar-refractivity contribution in [1.29, 1.82) is 0 Å². The number of benzene rings is 1. The van der Waals surface area contributed by atoms with Crippen LogP contribution < -0.4 is 10.6 Å². The summed E-state index contributed by atoms with van der Waals surface area (Å²) >= 11 is 14.5.